The van der Waals surface area contributed by atoms with Crippen molar-refractivity contribution in [1.82, 2.24) is 14.9 Å². The predicted molar refractivity (Wildman–Crippen MR) is 127 cm³/mol. The molecular formula is C26H27FN4O2. The summed E-state index contributed by atoms with van der Waals surface area (Å²) in [7, 11) is 3.13. The van der Waals surface area contributed by atoms with Crippen LogP contribution in [0.15, 0.2) is 47.3 Å². The van der Waals surface area contributed by atoms with Gasteiger partial charge in [0.1, 0.15) is 5.82 Å². The zero-order valence-corrected chi connectivity index (χ0v) is 18.9. The second-order valence-electron chi connectivity index (χ2n) is 8.36. The van der Waals surface area contributed by atoms with Crippen LogP contribution in [0.3, 0.4) is 0 Å². The van der Waals surface area contributed by atoms with Crippen LogP contribution in [0.4, 0.5) is 10.1 Å². The number of methoxy groups -OCH3 is 1. The van der Waals surface area contributed by atoms with Gasteiger partial charge < -0.3 is 10.1 Å². The summed E-state index contributed by atoms with van der Waals surface area (Å²) in [6.45, 7) is 9.25. The van der Waals surface area contributed by atoms with E-state index in [1.165, 1.54) is 19.2 Å². The Kier molecular flexibility index (Phi) is 6.85. The molecule has 3 aromatic rings. The highest BCUT2D eigenvalue weighted by Gasteiger charge is 2.21. The molecule has 7 heteroatoms. The highest BCUT2D eigenvalue weighted by atomic mass is 19.1. The maximum atomic E-state index is 14.5. The number of nitrogens with one attached hydrogen (secondary N) is 1. The van der Waals surface area contributed by atoms with Crippen molar-refractivity contribution in [3.05, 3.63) is 75.9 Å². The van der Waals surface area contributed by atoms with E-state index in [9.17, 15) is 9.18 Å². The van der Waals surface area contributed by atoms with Crippen LogP contribution in [0.25, 0.3) is 27.2 Å². The Balaban J connectivity index is 1.82. The first-order valence-electron chi connectivity index (χ1n) is 11.1. The number of halogens is 1. The van der Waals surface area contributed by atoms with Crippen molar-refractivity contribution in [2.75, 3.05) is 20.2 Å². The number of ether oxygens (including phenoxy) is 1. The van der Waals surface area contributed by atoms with E-state index in [0.29, 0.717) is 40.7 Å². The van der Waals surface area contributed by atoms with E-state index in [4.69, 9.17) is 16.3 Å². The molecule has 0 radical (unpaired) electrons. The Morgan fingerprint density at radius 2 is 1.88 bits per heavy atom. The zero-order chi connectivity index (χ0) is 23.4. The van der Waals surface area contributed by atoms with Gasteiger partial charge in [0.15, 0.2) is 17.3 Å². The van der Waals surface area contributed by atoms with Gasteiger partial charge in [0.2, 0.25) is 0 Å². The van der Waals surface area contributed by atoms with Gasteiger partial charge in [-0.25, -0.2) is 14.2 Å². The highest BCUT2D eigenvalue weighted by Crippen LogP contribution is 2.32. The smallest absolute Gasteiger partial charge is 0.261 e. The molecule has 1 N–H and O–H groups in total. The average molecular weight is 447 g/mol. The first-order valence-corrected chi connectivity index (χ1v) is 11.1. The topological polar surface area (TPSA) is 60.5 Å². The molecule has 0 unspecified atom stereocenters. The molecular weight excluding hydrogens is 419 g/mol. The lowest BCUT2D eigenvalue weighted by atomic mass is 9.93. The maximum Gasteiger partial charge on any atom is 0.261 e. The van der Waals surface area contributed by atoms with Crippen LogP contribution in [-0.4, -0.2) is 29.8 Å². The molecule has 1 fully saturated rings. The number of piperidine rings is 1. The van der Waals surface area contributed by atoms with Gasteiger partial charge in [0.25, 0.3) is 5.56 Å². The number of aromatic nitrogens is 2. The largest absolute Gasteiger partial charge is 0.494 e. The third-order valence-corrected chi connectivity index (χ3v) is 6.33. The van der Waals surface area contributed by atoms with Gasteiger partial charge in [0, 0.05) is 13.5 Å². The lowest BCUT2D eigenvalue weighted by Gasteiger charge is -2.23. The normalized spacial score (nSPS) is 14.1. The van der Waals surface area contributed by atoms with E-state index in [0.717, 1.165) is 37.9 Å². The summed E-state index contributed by atoms with van der Waals surface area (Å²) < 4.78 is 21.1. The molecule has 0 aliphatic carbocycles. The van der Waals surface area contributed by atoms with Crippen LogP contribution in [0, 0.1) is 18.3 Å². The second-order valence-corrected chi connectivity index (χ2v) is 8.36. The second kappa shape index (κ2) is 9.97. The fourth-order valence-corrected chi connectivity index (χ4v) is 4.36. The summed E-state index contributed by atoms with van der Waals surface area (Å²) in [4.78, 5) is 21.9. The molecule has 2 heterocycles. The van der Waals surface area contributed by atoms with Gasteiger partial charge in [-0.3, -0.25) is 9.36 Å². The molecule has 0 bridgehead atoms. The molecule has 4 rings (SSSR count). The van der Waals surface area contributed by atoms with Crippen molar-refractivity contribution < 1.29 is 9.13 Å². The molecule has 0 atom stereocenters. The van der Waals surface area contributed by atoms with Crippen LogP contribution in [-0.2, 0) is 13.5 Å². The quantitative estimate of drug-likeness (QED) is 0.556. The third kappa shape index (κ3) is 4.81. The van der Waals surface area contributed by atoms with Crippen LogP contribution >= 0.6 is 0 Å². The number of hydrogen-bond acceptors (Lipinski definition) is 4. The van der Waals surface area contributed by atoms with Gasteiger partial charge in [-0.05, 0) is 61.5 Å². The molecule has 1 aliphatic rings. The SMILES string of the molecule is [C-]#[N+]c1ccc(-c2nc(CCC3CCNCC3)n(C)c(=O)c2-c2ccc(OC)c(F)c2)cc1. The number of nitrogens with zero attached hydrogens (tertiary/aromatic N) is 3. The minimum atomic E-state index is -0.540. The zero-order valence-electron chi connectivity index (χ0n) is 18.9. The molecule has 1 saturated heterocycles. The number of hydrogen-bond donors (Lipinski definition) is 1. The minimum absolute atomic E-state index is 0.116. The molecule has 6 nitrogen and oxygen atoms in total. The lowest BCUT2D eigenvalue weighted by Crippen LogP contribution is -2.29. The van der Waals surface area contributed by atoms with Gasteiger partial charge in [-0.1, -0.05) is 30.3 Å². The van der Waals surface area contributed by atoms with Gasteiger partial charge in [-0.2, -0.15) is 0 Å². The van der Waals surface area contributed by atoms with Crippen molar-refractivity contribution in [1.29, 1.82) is 0 Å². The van der Waals surface area contributed by atoms with E-state index < -0.39 is 5.82 Å². The van der Waals surface area contributed by atoms with E-state index in [1.807, 2.05) is 0 Å². The average Bonchev–Trinajstić information content (AvgIpc) is 2.85. The van der Waals surface area contributed by atoms with Crippen molar-refractivity contribution in [3.63, 3.8) is 0 Å². The summed E-state index contributed by atoms with van der Waals surface area (Å²) in [5, 5.41) is 3.38. The first kappa shape index (κ1) is 22.7. The van der Waals surface area contributed by atoms with Crippen molar-refractivity contribution in [3.8, 4) is 28.1 Å². The molecule has 0 spiro atoms. The van der Waals surface area contributed by atoms with Crippen LogP contribution in [0.1, 0.15) is 25.1 Å². The Morgan fingerprint density at radius 3 is 2.52 bits per heavy atom. The predicted octanol–water partition coefficient (Wildman–Crippen LogP) is 4.74. The fourth-order valence-electron chi connectivity index (χ4n) is 4.36. The molecule has 1 aromatic heterocycles. The van der Waals surface area contributed by atoms with E-state index >= 15 is 0 Å². The lowest BCUT2D eigenvalue weighted by molar-refractivity contribution is 0.350. The monoisotopic (exact) mass is 446 g/mol. The van der Waals surface area contributed by atoms with Crippen LogP contribution < -0.4 is 15.6 Å². The summed E-state index contributed by atoms with van der Waals surface area (Å²) in [6.07, 6.45) is 3.92. The van der Waals surface area contributed by atoms with Crippen molar-refractivity contribution in [2.24, 2.45) is 13.0 Å². The Bertz CT molecular complexity index is 1240. The standard InChI is InChI=1S/C26H27FN4O2/c1-28-20-8-5-18(6-9-20)25-24(19-7-10-22(33-3)21(27)16-19)26(32)31(2)23(30-25)11-4-17-12-14-29-15-13-17/h5-10,16-17,29H,4,11-15H2,2-3H3. The van der Waals surface area contributed by atoms with E-state index in [-0.39, 0.29) is 11.3 Å². The Morgan fingerprint density at radius 1 is 1.18 bits per heavy atom. The Labute approximate surface area is 192 Å². The third-order valence-electron chi connectivity index (χ3n) is 6.33. The van der Waals surface area contributed by atoms with E-state index in [2.05, 4.69) is 10.2 Å². The molecule has 170 valence electrons. The molecule has 1 aliphatic heterocycles. The molecule has 0 amide bonds. The Hall–Kier alpha value is -3.50. The van der Waals surface area contributed by atoms with Gasteiger partial charge in [-0.15, -0.1) is 0 Å². The van der Waals surface area contributed by atoms with Crippen molar-refractivity contribution in [2.45, 2.75) is 25.7 Å². The molecule has 2 aromatic carbocycles. The summed E-state index contributed by atoms with van der Waals surface area (Å²) in [6, 6.07) is 11.5. The minimum Gasteiger partial charge on any atom is -0.494 e. The summed E-state index contributed by atoms with van der Waals surface area (Å²) >= 11 is 0. The number of rotatable bonds is 6. The summed E-state index contributed by atoms with van der Waals surface area (Å²) in [5.74, 6) is 0.895. The van der Waals surface area contributed by atoms with Gasteiger partial charge in [0.05, 0.1) is 24.9 Å². The number of benzene rings is 2. The van der Waals surface area contributed by atoms with Gasteiger partial charge >= 0.3 is 0 Å². The summed E-state index contributed by atoms with van der Waals surface area (Å²) in [5.41, 5.74) is 2.27. The van der Waals surface area contributed by atoms with E-state index in [1.54, 1.807) is 41.9 Å². The highest BCUT2D eigenvalue weighted by molar-refractivity contribution is 5.81. The first-order chi connectivity index (χ1) is 16.0. The molecule has 33 heavy (non-hydrogen) atoms. The van der Waals surface area contributed by atoms with Crippen LogP contribution in [0.5, 0.6) is 5.75 Å². The van der Waals surface area contributed by atoms with Crippen LogP contribution in [0.2, 0.25) is 0 Å². The van der Waals surface area contributed by atoms with Crippen molar-refractivity contribution >= 4 is 5.69 Å². The maximum absolute atomic E-state index is 14.5. The number of aryl methyl sites for hydroxylation is 1. The fraction of sp³-hybridized carbons (Fsp3) is 0.346. The molecule has 0 saturated carbocycles.